The summed E-state index contributed by atoms with van der Waals surface area (Å²) in [5.41, 5.74) is 4.50. The van der Waals surface area contributed by atoms with E-state index in [-0.39, 0.29) is 5.78 Å². The number of carbonyl (C=O) groups excluding carboxylic acids is 1. The highest BCUT2D eigenvalue weighted by molar-refractivity contribution is 6.04. The molecule has 0 fully saturated rings. The molecule has 0 N–H and O–H groups in total. The summed E-state index contributed by atoms with van der Waals surface area (Å²) in [7, 11) is 4.01. The fourth-order valence-electron chi connectivity index (χ4n) is 2.16. The molecule has 0 saturated carbocycles. The van der Waals surface area contributed by atoms with Gasteiger partial charge in [-0.15, -0.1) is 0 Å². The van der Waals surface area contributed by atoms with Crippen LogP contribution in [0.5, 0.6) is 0 Å². The second kappa shape index (κ2) is 8.14. The molecule has 0 aromatic heterocycles. The van der Waals surface area contributed by atoms with Gasteiger partial charge in [0.1, 0.15) is 0 Å². The monoisotopic (exact) mass is 305 g/mol. The van der Waals surface area contributed by atoms with E-state index in [1.807, 2.05) is 67.5 Å². The molecule has 0 amide bonds. The standard InChI is InChI=1S/C21H23NO/c1-4-17-5-7-18(8-6-17)11-15-21(23)16-12-19-9-13-20(14-10-19)22(2)3/h5-16H,4H2,1-3H3/b15-11+,16-12+. The van der Waals surface area contributed by atoms with Crippen molar-refractivity contribution < 1.29 is 4.79 Å². The molecule has 2 nitrogen and oxygen atoms in total. The van der Waals surface area contributed by atoms with E-state index in [4.69, 9.17) is 0 Å². The SMILES string of the molecule is CCc1ccc(/C=C/C(=O)/C=C/c2ccc(N(C)C)cc2)cc1. The number of aryl methyl sites for hydroxylation is 1. The molecule has 23 heavy (non-hydrogen) atoms. The normalized spacial score (nSPS) is 11.3. The third-order valence-electron chi connectivity index (χ3n) is 3.68. The quantitative estimate of drug-likeness (QED) is 0.726. The molecule has 0 aliphatic heterocycles. The predicted octanol–water partition coefficient (Wildman–Crippen LogP) is 4.61. The summed E-state index contributed by atoms with van der Waals surface area (Å²) in [6.07, 6.45) is 7.92. The zero-order valence-electron chi connectivity index (χ0n) is 14.0. The highest BCUT2D eigenvalue weighted by atomic mass is 16.1. The van der Waals surface area contributed by atoms with E-state index < -0.39 is 0 Å². The van der Waals surface area contributed by atoms with Crippen LogP contribution in [-0.4, -0.2) is 19.9 Å². The lowest BCUT2D eigenvalue weighted by Crippen LogP contribution is -2.07. The van der Waals surface area contributed by atoms with Gasteiger partial charge >= 0.3 is 0 Å². The highest BCUT2D eigenvalue weighted by Gasteiger charge is 1.95. The third kappa shape index (κ3) is 5.26. The Morgan fingerprint density at radius 2 is 1.35 bits per heavy atom. The van der Waals surface area contributed by atoms with Gasteiger partial charge in [0.15, 0.2) is 5.78 Å². The molecule has 0 aliphatic rings. The minimum atomic E-state index is -0.0127. The fourth-order valence-corrected chi connectivity index (χ4v) is 2.16. The first kappa shape index (κ1) is 16.8. The van der Waals surface area contributed by atoms with Crippen molar-refractivity contribution in [2.75, 3.05) is 19.0 Å². The van der Waals surface area contributed by atoms with Crippen LogP contribution in [0.4, 0.5) is 5.69 Å². The van der Waals surface area contributed by atoms with Gasteiger partial charge in [0.05, 0.1) is 0 Å². The highest BCUT2D eigenvalue weighted by Crippen LogP contribution is 2.13. The van der Waals surface area contributed by atoms with E-state index in [9.17, 15) is 4.79 Å². The van der Waals surface area contributed by atoms with E-state index in [1.54, 1.807) is 12.2 Å². The Hall–Kier alpha value is -2.61. The number of allylic oxidation sites excluding steroid dienone is 2. The minimum absolute atomic E-state index is 0.0127. The first-order valence-electron chi connectivity index (χ1n) is 7.85. The van der Waals surface area contributed by atoms with Crippen LogP contribution in [0.1, 0.15) is 23.6 Å². The molecule has 0 heterocycles. The molecule has 0 aliphatic carbocycles. The number of carbonyl (C=O) groups is 1. The number of hydrogen-bond donors (Lipinski definition) is 0. The molecule has 2 heteroatoms. The van der Waals surface area contributed by atoms with Gasteiger partial charge in [0.2, 0.25) is 0 Å². The van der Waals surface area contributed by atoms with Crippen LogP contribution in [0.2, 0.25) is 0 Å². The van der Waals surface area contributed by atoms with Gasteiger partial charge in [-0.05, 0) is 47.4 Å². The van der Waals surface area contributed by atoms with Crippen molar-refractivity contribution in [3.8, 4) is 0 Å². The summed E-state index contributed by atoms with van der Waals surface area (Å²) in [5.74, 6) is -0.0127. The molecular formula is C21H23NO. The van der Waals surface area contributed by atoms with E-state index >= 15 is 0 Å². The molecule has 0 spiro atoms. The fraction of sp³-hybridized carbons (Fsp3) is 0.190. The maximum atomic E-state index is 11.9. The van der Waals surface area contributed by atoms with Crippen molar-refractivity contribution >= 4 is 23.6 Å². The summed E-state index contributed by atoms with van der Waals surface area (Å²) in [6, 6.07) is 16.3. The maximum Gasteiger partial charge on any atom is 0.178 e. The van der Waals surface area contributed by atoms with Crippen molar-refractivity contribution in [3.05, 3.63) is 77.4 Å². The second-order valence-electron chi connectivity index (χ2n) is 5.65. The van der Waals surface area contributed by atoms with Crippen molar-refractivity contribution in [2.24, 2.45) is 0 Å². The molecule has 118 valence electrons. The van der Waals surface area contributed by atoms with Gasteiger partial charge in [-0.3, -0.25) is 4.79 Å². The zero-order valence-corrected chi connectivity index (χ0v) is 14.0. The Balaban J connectivity index is 1.96. The number of nitrogens with zero attached hydrogens (tertiary/aromatic N) is 1. The molecule has 0 atom stereocenters. The van der Waals surface area contributed by atoms with Crippen LogP contribution in [0, 0.1) is 0 Å². The Morgan fingerprint density at radius 1 is 0.870 bits per heavy atom. The predicted molar refractivity (Wildman–Crippen MR) is 99.7 cm³/mol. The summed E-state index contributed by atoms with van der Waals surface area (Å²) in [4.78, 5) is 14.0. The summed E-state index contributed by atoms with van der Waals surface area (Å²) in [6.45, 7) is 2.13. The molecular weight excluding hydrogens is 282 g/mol. The van der Waals surface area contributed by atoms with Crippen molar-refractivity contribution in [3.63, 3.8) is 0 Å². The van der Waals surface area contributed by atoms with E-state index in [1.165, 1.54) is 5.56 Å². The average Bonchev–Trinajstić information content (AvgIpc) is 2.59. The molecule has 0 bridgehead atoms. The van der Waals surface area contributed by atoms with Gasteiger partial charge < -0.3 is 4.90 Å². The van der Waals surface area contributed by atoms with Crippen molar-refractivity contribution in [1.29, 1.82) is 0 Å². The number of benzene rings is 2. The number of ketones is 1. The third-order valence-corrected chi connectivity index (χ3v) is 3.68. The maximum absolute atomic E-state index is 11.9. The summed E-state index contributed by atoms with van der Waals surface area (Å²) in [5, 5.41) is 0. The van der Waals surface area contributed by atoms with Crippen LogP contribution >= 0.6 is 0 Å². The molecule has 0 unspecified atom stereocenters. The second-order valence-corrected chi connectivity index (χ2v) is 5.65. The lowest BCUT2D eigenvalue weighted by atomic mass is 10.1. The largest absolute Gasteiger partial charge is 0.378 e. The first-order valence-corrected chi connectivity index (χ1v) is 7.85. The van der Waals surface area contributed by atoms with E-state index in [0.717, 1.165) is 23.2 Å². The van der Waals surface area contributed by atoms with E-state index in [2.05, 4.69) is 19.1 Å². The minimum Gasteiger partial charge on any atom is -0.378 e. The van der Waals surface area contributed by atoms with Gasteiger partial charge in [-0.2, -0.15) is 0 Å². The van der Waals surface area contributed by atoms with Gasteiger partial charge in [-0.1, -0.05) is 55.5 Å². The van der Waals surface area contributed by atoms with Crippen LogP contribution in [-0.2, 0) is 11.2 Å². The molecule has 2 aromatic rings. The molecule has 0 saturated heterocycles. The zero-order chi connectivity index (χ0) is 16.7. The molecule has 2 rings (SSSR count). The van der Waals surface area contributed by atoms with Crippen LogP contribution in [0.25, 0.3) is 12.2 Å². The van der Waals surface area contributed by atoms with Crippen molar-refractivity contribution in [2.45, 2.75) is 13.3 Å². The lowest BCUT2D eigenvalue weighted by Gasteiger charge is -2.11. The van der Waals surface area contributed by atoms with Gasteiger partial charge in [0, 0.05) is 19.8 Å². The summed E-state index contributed by atoms with van der Waals surface area (Å²) >= 11 is 0. The molecule has 0 radical (unpaired) electrons. The van der Waals surface area contributed by atoms with Crippen LogP contribution in [0.3, 0.4) is 0 Å². The molecule has 2 aromatic carbocycles. The van der Waals surface area contributed by atoms with Crippen LogP contribution in [0.15, 0.2) is 60.7 Å². The van der Waals surface area contributed by atoms with Gasteiger partial charge in [-0.25, -0.2) is 0 Å². The first-order chi connectivity index (χ1) is 11.1. The average molecular weight is 305 g/mol. The Labute approximate surface area is 138 Å². The summed E-state index contributed by atoms with van der Waals surface area (Å²) < 4.78 is 0. The van der Waals surface area contributed by atoms with Crippen molar-refractivity contribution in [1.82, 2.24) is 0 Å². The number of rotatable bonds is 6. The Kier molecular flexibility index (Phi) is 5.93. The number of anilines is 1. The Morgan fingerprint density at radius 3 is 1.78 bits per heavy atom. The van der Waals surface area contributed by atoms with Crippen LogP contribution < -0.4 is 4.90 Å². The number of hydrogen-bond acceptors (Lipinski definition) is 2. The lowest BCUT2D eigenvalue weighted by molar-refractivity contribution is -0.110. The van der Waals surface area contributed by atoms with Gasteiger partial charge in [0.25, 0.3) is 0 Å². The topological polar surface area (TPSA) is 20.3 Å². The smallest absolute Gasteiger partial charge is 0.178 e. The van der Waals surface area contributed by atoms with E-state index in [0.29, 0.717) is 0 Å². The Bertz CT molecular complexity index is 692.